The quantitative estimate of drug-likeness (QED) is 0.802. The van der Waals surface area contributed by atoms with E-state index in [-0.39, 0.29) is 31.5 Å². The lowest BCUT2D eigenvalue weighted by Gasteiger charge is -2.10. The van der Waals surface area contributed by atoms with Crippen LogP contribution in [0.5, 0.6) is 0 Å². The first-order valence-corrected chi connectivity index (χ1v) is 7.82. The Kier molecular flexibility index (Phi) is 6.49. The molecule has 7 heteroatoms. The number of ether oxygens (including phenoxy) is 2. The highest BCUT2D eigenvalue weighted by atomic mass is 35.5. The van der Waals surface area contributed by atoms with Crippen LogP contribution >= 0.6 is 23.2 Å². The van der Waals surface area contributed by atoms with E-state index in [1.807, 2.05) is 0 Å². The Morgan fingerprint density at radius 2 is 2.09 bits per heavy atom. The monoisotopic (exact) mass is 345 g/mol. The molecule has 22 heavy (non-hydrogen) atoms. The van der Waals surface area contributed by atoms with Gasteiger partial charge in [0.15, 0.2) is 0 Å². The zero-order valence-electron chi connectivity index (χ0n) is 11.9. The van der Waals surface area contributed by atoms with E-state index in [1.54, 1.807) is 18.2 Å². The summed E-state index contributed by atoms with van der Waals surface area (Å²) in [4.78, 5) is 23.3. The Labute approximate surface area is 138 Å². The summed E-state index contributed by atoms with van der Waals surface area (Å²) in [5, 5.41) is 3.42. The van der Waals surface area contributed by atoms with Crippen LogP contribution in [0.4, 0.5) is 5.69 Å². The van der Waals surface area contributed by atoms with Gasteiger partial charge in [0.1, 0.15) is 6.61 Å². The van der Waals surface area contributed by atoms with E-state index in [9.17, 15) is 9.59 Å². The molecule has 1 aromatic rings. The third-order valence-electron chi connectivity index (χ3n) is 3.21. The molecule has 0 spiro atoms. The van der Waals surface area contributed by atoms with Crippen LogP contribution in [0, 0.1) is 0 Å². The number of esters is 1. The van der Waals surface area contributed by atoms with Crippen molar-refractivity contribution in [2.45, 2.75) is 31.8 Å². The Morgan fingerprint density at radius 1 is 1.27 bits per heavy atom. The SMILES string of the molecule is O=C(CCC(=O)OCC1CCCO1)Nc1ccc(Cl)c(Cl)c1. The van der Waals surface area contributed by atoms with Crippen LogP contribution in [0.15, 0.2) is 18.2 Å². The number of rotatable bonds is 6. The average molecular weight is 346 g/mol. The van der Waals surface area contributed by atoms with Gasteiger partial charge in [0, 0.05) is 18.7 Å². The molecule has 1 fully saturated rings. The second-order valence-corrected chi connectivity index (χ2v) is 5.81. The molecule has 1 saturated heterocycles. The van der Waals surface area contributed by atoms with Crippen LogP contribution in [0.2, 0.25) is 10.0 Å². The summed E-state index contributed by atoms with van der Waals surface area (Å²) >= 11 is 11.7. The number of anilines is 1. The lowest BCUT2D eigenvalue weighted by Crippen LogP contribution is -2.19. The Bertz CT molecular complexity index is 544. The van der Waals surface area contributed by atoms with Crippen molar-refractivity contribution in [3.63, 3.8) is 0 Å². The molecule has 1 aliphatic rings. The summed E-state index contributed by atoms with van der Waals surface area (Å²) in [5.41, 5.74) is 0.534. The van der Waals surface area contributed by atoms with Gasteiger partial charge in [-0.3, -0.25) is 9.59 Å². The van der Waals surface area contributed by atoms with Crippen molar-refractivity contribution >= 4 is 40.8 Å². The number of hydrogen-bond donors (Lipinski definition) is 1. The molecule has 120 valence electrons. The summed E-state index contributed by atoms with van der Waals surface area (Å²) in [5.74, 6) is -0.688. The maximum atomic E-state index is 11.8. The molecule has 0 saturated carbocycles. The highest BCUT2D eigenvalue weighted by Crippen LogP contribution is 2.25. The van der Waals surface area contributed by atoms with Crippen LogP contribution in [-0.4, -0.2) is 31.2 Å². The van der Waals surface area contributed by atoms with E-state index in [1.165, 1.54) is 0 Å². The smallest absolute Gasteiger partial charge is 0.306 e. The van der Waals surface area contributed by atoms with Gasteiger partial charge >= 0.3 is 5.97 Å². The first kappa shape index (κ1) is 17.1. The Balaban J connectivity index is 1.68. The normalized spacial score (nSPS) is 17.3. The van der Waals surface area contributed by atoms with Crippen molar-refractivity contribution in [3.8, 4) is 0 Å². The van der Waals surface area contributed by atoms with Crippen molar-refractivity contribution in [1.82, 2.24) is 0 Å². The minimum Gasteiger partial charge on any atom is -0.463 e. The molecule has 1 aromatic carbocycles. The highest BCUT2D eigenvalue weighted by molar-refractivity contribution is 6.42. The predicted octanol–water partition coefficient (Wildman–Crippen LogP) is 3.43. The molecule has 1 atom stereocenters. The fourth-order valence-corrected chi connectivity index (χ4v) is 2.34. The minimum absolute atomic E-state index is 0.00557. The van der Waals surface area contributed by atoms with Crippen LogP contribution in [0.1, 0.15) is 25.7 Å². The summed E-state index contributed by atoms with van der Waals surface area (Å²) in [7, 11) is 0. The van der Waals surface area contributed by atoms with Gasteiger partial charge in [0.2, 0.25) is 5.91 Å². The van der Waals surface area contributed by atoms with Crippen LogP contribution < -0.4 is 5.32 Å². The Morgan fingerprint density at radius 3 is 2.77 bits per heavy atom. The second-order valence-electron chi connectivity index (χ2n) is 5.00. The maximum Gasteiger partial charge on any atom is 0.306 e. The molecule has 0 aromatic heterocycles. The van der Waals surface area contributed by atoms with Gasteiger partial charge in [-0.2, -0.15) is 0 Å². The van der Waals surface area contributed by atoms with Crippen LogP contribution in [0.25, 0.3) is 0 Å². The zero-order chi connectivity index (χ0) is 15.9. The zero-order valence-corrected chi connectivity index (χ0v) is 13.5. The molecule has 0 aliphatic carbocycles. The highest BCUT2D eigenvalue weighted by Gasteiger charge is 2.17. The number of benzene rings is 1. The lowest BCUT2D eigenvalue weighted by atomic mass is 10.2. The fourth-order valence-electron chi connectivity index (χ4n) is 2.05. The summed E-state index contributed by atoms with van der Waals surface area (Å²) in [6, 6.07) is 4.79. The van der Waals surface area contributed by atoms with Crippen LogP contribution in [-0.2, 0) is 19.1 Å². The van der Waals surface area contributed by atoms with Gasteiger partial charge in [0.05, 0.1) is 22.6 Å². The van der Waals surface area contributed by atoms with Gasteiger partial charge in [-0.1, -0.05) is 23.2 Å². The predicted molar refractivity (Wildman–Crippen MR) is 84.3 cm³/mol. The van der Waals surface area contributed by atoms with E-state index in [0.717, 1.165) is 12.8 Å². The molecule has 0 radical (unpaired) electrons. The first-order chi connectivity index (χ1) is 10.5. The number of halogens is 2. The number of hydrogen-bond acceptors (Lipinski definition) is 4. The number of nitrogens with one attached hydrogen (secondary N) is 1. The van der Waals surface area contributed by atoms with E-state index in [4.69, 9.17) is 32.7 Å². The van der Waals surface area contributed by atoms with Crippen molar-refractivity contribution in [2.75, 3.05) is 18.5 Å². The largest absolute Gasteiger partial charge is 0.463 e. The maximum absolute atomic E-state index is 11.8. The van der Waals surface area contributed by atoms with Crippen LogP contribution in [0.3, 0.4) is 0 Å². The van der Waals surface area contributed by atoms with Crippen molar-refractivity contribution < 1.29 is 19.1 Å². The van der Waals surface area contributed by atoms with Gasteiger partial charge < -0.3 is 14.8 Å². The summed E-state index contributed by atoms with van der Waals surface area (Å²) < 4.78 is 10.4. The molecular formula is C15H17Cl2NO4. The lowest BCUT2D eigenvalue weighted by molar-refractivity contribution is -0.147. The van der Waals surface area contributed by atoms with E-state index < -0.39 is 5.97 Å². The molecule has 1 N–H and O–H groups in total. The van der Waals surface area contributed by atoms with E-state index in [0.29, 0.717) is 22.3 Å². The second kappa shape index (κ2) is 8.36. The first-order valence-electron chi connectivity index (χ1n) is 7.07. The molecule has 5 nitrogen and oxygen atoms in total. The Hall–Kier alpha value is -1.30. The summed E-state index contributed by atoms with van der Waals surface area (Å²) in [6.07, 6.45) is 1.97. The topological polar surface area (TPSA) is 64.6 Å². The molecular weight excluding hydrogens is 329 g/mol. The van der Waals surface area contributed by atoms with E-state index >= 15 is 0 Å². The molecule has 2 rings (SSSR count). The van der Waals surface area contributed by atoms with Gasteiger partial charge in [-0.05, 0) is 31.0 Å². The third kappa shape index (κ3) is 5.48. The average Bonchev–Trinajstić information content (AvgIpc) is 3.00. The minimum atomic E-state index is -0.403. The number of carbonyl (C=O) groups excluding carboxylic acids is 2. The molecule has 0 bridgehead atoms. The number of amides is 1. The van der Waals surface area contributed by atoms with Gasteiger partial charge in [-0.15, -0.1) is 0 Å². The molecule has 1 amide bonds. The summed E-state index contributed by atoms with van der Waals surface area (Å²) in [6.45, 7) is 0.974. The molecule has 1 heterocycles. The molecule has 1 unspecified atom stereocenters. The van der Waals surface area contributed by atoms with Crippen molar-refractivity contribution in [2.24, 2.45) is 0 Å². The van der Waals surface area contributed by atoms with Gasteiger partial charge in [-0.25, -0.2) is 0 Å². The van der Waals surface area contributed by atoms with Crippen molar-refractivity contribution in [3.05, 3.63) is 28.2 Å². The standard InChI is InChI=1S/C15H17Cl2NO4/c16-12-4-3-10(8-13(12)17)18-14(19)5-6-15(20)22-9-11-2-1-7-21-11/h3-4,8,11H,1-2,5-7,9H2,(H,18,19). The fraction of sp³-hybridized carbons (Fsp3) is 0.467. The molecule has 1 aliphatic heterocycles. The number of carbonyl (C=O) groups is 2. The van der Waals surface area contributed by atoms with E-state index in [2.05, 4.69) is 5.32 Å². The van der Waals surface area contributed by atoms with Crippen molar-refractivity contribution in [1.29, 1.82) is 0 Å². The third-order valence-corrected chi connectivity index (χ3v) is 3.95. The van der Waals surface area contributed by atoms with Gasteiger partial charge in [0.25, 0.3) is 0 Å².